The third-order valence-electron chi connectivity index (χ3n) is 3.27. The second-order valence-corrected chi connectivity index (χ2v) is 6.08. The van der Waals surface area contributed by atoms with E-state index in [-0.39, 0.29) is 11.9 Å². The van der Waals surface area contributed by atoms with Crippen LogP contribution in [0.5, 0.6) is 0 Å². The molecule has 0 radical (unpaired) electrons. The molecular formula is C15H21N3OS. The number of aromatic nitrogens is 1. The summed E-state index contributed by atoms with van der Waals surface area (Å²) < 4.78 is 1.90. The van der Waals surface area contributed by atoms with Crippen molar-refractivity contribution in [1.82, 2.24) is 9.47 Å². The standard InChI is InChI=1S/C15H21N3OS/c1-4-17-9-12(16)8-14(17)15(19)18(11(2)3)10-13-6-5-7-20-13/h5-9,11H,4,10,16H2,1-3H3. The number of carbonyl (C=O) groups excluding carboxylic acids is 1. The number of nitrogens with two attached hydrogens (primary N) is 1. The molecule has 0 unspecified atom stereocenters. The van der Waals surface area contributed by atoms with Crippen LogP contribution in [0.15, 0.2) is 29.8 Å². The first-order valence-electron chi connectivity index (χ1n) is 6.82. The van der Waals surface area contributed by atoms with Gasteiger partial charge in [-0.1, -0.05) is 6.07 Å². The fourth-order valence-electron chi connectivity index (χ4n) is 2.18. The molecule has 2 rings (SSSR count). The summed E-state index contributed by atoms with van der Waals surface area (Å²) in [6.45, 7) is 7.46. The van der Waals surface area contributed by atoms with Gasteiger partial charge < -0.3 is 15.2 Å². The largest absolute Gasteiger partial charge is 0.397 e. The fourth-order valence-corrected chi connectivity index (χ4v) is 2.88. The van der Waals surface area contributed by atoms with Crippen LogP contribution in [0.1, 0.15) is 36.1 Å². The van der Waals surface area contributed by atoms with Gasteiger partial charge in [0, 0.05) is 23.7 Å². The van der Waals surface area contributed by atoms with Gasteiger partial charge in [-0.25, -0.2) is 0 Å². The molecule has 4 nitrogen and oxygen atoms in total. The van der Waals surface area contributed by atoms with Gasteiger partial charge in [0.15, 0.2) is 0 Å². The fraction of sp³-hybridized carbons (Fsp3) is 0.400. The van der Waals surface area contributed by atoms with Crippen LogP contribution in [-0.4, -0.2) is 21.4 Å². The SMILES string of the molecule is CCn1cc(N)cc1C(=O)N(Cc1cccs1)C(C)C. The zero-order valence-electron chi connectivity index (χ0n) is 12.2. The highest BCUT2D eigenvalue weighted by molar-refractivity contribution is 7.09. The number of nitrogens with zero attached hydrogens (tertiary/aromatic N) is 2. The van der Waals surface area contributed by atoms with E-state index in [0.717, 1.165) is 6.54 Å². The number of carbonyl (C=O) groups is 1. The Morgan fingerprint density at radius 2 is 2.25 bits per heavy atom. The van der Waals surface area contributed by atoms with Crippen LogP contribution in [0, 0.1) is 0 Å². The van der Waals surface area contributed by atoms with Crippen LogP contribution in [-0.2, 0) is 13.1 Å². The zero-order chi connectivity index (χ0) is 14.7. The van der Waals surface area contributed by atoms with Crippen molar-refractivity contribution in [3.63, 3.8) is 0 Å². The van der Waals surface area contributed by atoms with E-state index >= 15 is 0 Å². The van der Waals surface area contributed by atoms with E-state index in [1.54, 1.807) is 17.4 Å². The van der Waals surface area contributed by atoms with Gasteiger partial charge in [-0.05, 0) is 38.3 Å². The number of hydrogen-bond acceptors (Lipinski definition) is 3. The summed E-state index contributed by atoms with van der Waals surface area (Å²) in [5.41, 5.74) is 7.11. The van der Waals surface area contributed by atoms with Crippen LogP contribution in [0.2, 0.25) is 0 Å². The van der Waals surface area contributed by atoms with E-state index in [9.17, 15) is 4.79 Å². The maximum atomic E-state index is 12.8. The highest BCUT2D eigenvalue weighted by Gasteiger charge is 2.22. The minimum atomic E-state index is 0.0342. The summed E-state index contributed by atoms with van der Waals surface area (Å²) >= 11 is 1.67. The predicted octanol–water partition coefficient (Wildman–Crippen LogP) is 3.20. The van der Waals surface area contributed by atoms with Crippen LogP contribution < -0.4 is 5.73 Å². The molecule has 5 heteroatoms. The second kappa shape index (κ2) is 6.13. The molecule has 2 aromatic heterocycles. The van der Waals surface area contributed by atoms with Crippen molar-refractivity contribution in [2.45, 2.75) is 39.9 Å². The van der Waals surface area contributed by atoms with E-state index in [0.29, 0.717) is 17.9 Å². The zero-order valence-corrected chi connectivity index (χ0v) is 13.0. The third-order valence-corrected chi connectivity index (χ3v) is 4.13. The molecule has 0 atom stereocenters. The molecule has 2 N–H and O–H groups in total. The van der Waals surface area contributed by atoms with Crippen LogP contribution in [0.25, 0.3) is 0 Å². The molecule has 108 valence electrons. The van der Waals surface area contributed by atoms with Gasteiger partial charge in [-0.15, -0.1) is 11.3 Å². The Labute approximate surface area is 123 Å². The molecule has 0 aromatic carbocycles. The Morgan fingerprint density at radius 3 is 2.80 bits per heavy atom. The number of anilines is 1. The lowest BCUT2D eigenvalue weighted by atomic mass is 10.2. The highest BCUT2D eigenvalue weighted by atomic mass is 32.1. The van der Waals surface area contributed by atoms with Gasteiger partial charge in [0.05, 0.1) is 12.2 Å². The van der Waals surface area contributed by atoms with Crippen molar-refractivity contribution in [2.24, 2.45) is 0 Å². The molecule has 2 heterocycles. The summed E-state index contributed by atoms with van der Waals surface area (Å²) in [5, 5.41) is 2.03. The monoisotopic (exact) mass is 291 g/mol. The Balaban J connectivity index is 2.26. The number of thiophene rings is 1. The van der Waals surface area contributed by atoms with Gasteiger partial charge in [0.1, 0.15) is 5.69 Å². The van der Waals surface area contributed by atoms with Crippen molar-refractivity contribution in [1.29, 1.82) is 0 Å². The Kier molecular flexibility index (Phi) is 4.49. The number of hydrogen-bond donors (Lipinski definition) is 1. The van der Waals surface area contributed by atoms with Crippen LogP contribution in [0.3, 0.4) is 0 Å². The molecule has 0 saturated carbocycles. The van der Waals surface area contributed by atoms with E-state index in [1.165, 1.54) is 4.88 Å². The summed E-state index contributed by atoms with van der Waals surface area (Å²) in [6, 6.07) is 5.97. The van der Waals surface area contributed by atoms with Crippen LogP contribution in [0.4, 0.5) is 5.69 Å². The van der Waals surface area contributed by atoms with Gasteiger partial charge in [0.2, 0.25) is 0 Å². The average Bonchev–Trinajstić information content (AvgIpc) is 3.03. The maximum absolute atomic E-state index is 12.8. The Morgan fingerprint density at radius 1 is 1.50 bits per heavy atom. The molecule has 0 aliphatic heterocycles. The lowest BCUT2D eigenvalue weighted by Crippen LogP contribution is -2.37. The van der Waals surface area contributed by atoms with Crippen molar-refractivity contribution < 1.29 is 4.79 Å². The first kappa shape index (κ1) is 14.7. The first-order valence-corrected chi connectivity index (χ1v) is 7.70. The van der Waals surface area contributed by atoms with Gasteiger partial charge in [-0.2, -0.15) is 0 Å². The van der Waals surface area contributed by atoms with Crippen LogP contribution >= 0.6 is 11.3 Å². The number of nitrogen functional groups attached to an aromatic ring is 1. The summed E-state index contributed by atoms with van der Waals surface area (Å²) in [6.07, 6.45) is 1.82. The summed E-state index contributed by atoms with van der Waals surface area (Å²) in [4.78, 5) is 15.8. The second-order valence-electron chi connectivity index (χ2n) is 5.05. The molecule has 0 saturated heterocycles. The average molecular weight is 291 g/mol. The summed E-state index contributed by atoms with van der Waals surface area (Å²) in [5.74, 6) is 0.0342. The molecule has 0 spiro atoms. The Bertz CT molecular complexity index is 572. The van der Waals surface area contributed by atoms with Crippen molar-refractivity contribution >= 4 is 22.9 Å². The number of aryl methyl sites for hydroxylation is 1. The minimum absolute atomic E-state index is 0.0342. The smallest absolute Gasteiger partial charge is 0.271 e. The van der Waals surface area contributed by atoms with Crippen molar-refractivity contribution in [2.75, 3.05) is 5.73 Å². The topological polar surface area (TPSA) is 51.3 Å². The number of rotatable bonds is 5. The summed E-state index contributed by atoms with van der Waals surface area (Å²) in [7, 11) is 0. The van der Waals surface area contributed by atoms with E-state index < -0.39 is 0 Å². The molecule has 0 bridgehead atoms. The molecule has 0 aliphatic rings. The highest BCUT2D eigenvalue weighted by Crippen LogP contribution is 2.19. The molecule has 0 aliphatic carbocycles. The van der Waals surface area contributed by atoms with Gasteiger partial charge >= 0.3 is 0 Å². The predicted molar refractivity (Wildman–Crippen MR) is 83.8 cm³/mol. The molecular weight excluding hydrogens is 270 g/mol. The quantitative estimate of drug-likeness (QED) is 0.919. The van der Waals surface area contributed by atoms with Gasteiger partial charge in [0.25, 0.3) is 5.91 Å². The van der Waals surface area contributed by atoms with Gasteiger partial charge in [-0.3, -0.25) is 4.79 Å². The maximum Gasteiger partial charge on any atom is 0.271 e. The third kappa shape index (κ3) is 3.04. The first-order chi connectivity index (χ1) is 9.52. The molecule has 0 fully saturated rings. The normalized spacial score (nSPS) is 11.0. The Hall–Kier alpha value is -1.75. The lowest BCUT2D eigenvalue weighted by Gasteiger charge is -2.26. The number of amides is 1. The molecule has 2 aromatic rings. The minimum Gasteiger partial charge on any atom is -0.397 e. The molecule has 1 amide bonds. The van der Waals surface area contributed by atoms with Crippen molar-refractivity contribution in [3.05, 3.63) is 40.3 Å². The van der Waals surface area contributed by atoms with Crippen molar-refractivity contribution in [3.8, 4) is 0 Å². The molecule has 20 heavy (non-hydrogen) atoms. The van der Waals surface area contributed by atoms with E-state index in [1.807, 2.05) is 47.9 Å². The van der Waals surface area contributed by atoms with E-state index in [4.69, 9.17) is 5.73 Å². The van der Waals surface area contributed by atoms with E-state index in [2.05, 4.69) is 6.07 Å². The lowest BCUT2D eigenvalue weighted by molar-refractivity contribution is 0.0681.